The van der Waals surface area contributed by atoms with E-state index in [1.165, 1.54) is 12.2 Å². The van der Waals surface area contributed by atoms with Crippen LogP contribution < -0.4 is 59.1 Å². The standard InChI is InChI=1S/2C5H6O3S.2Na/c2*6-9(7,8)5-3-1-2-4-5;;/h2*1-3H,4H2,(H,6,7,8);;/q;;2*+1/p-2. The van der Waals surface area contributed by atoms with Gasteiger partial charge in [-0.2, -0.15) is 0 Å². The molecule has 0 aromatic rings. The fourth-order valence-electron chi connectivity index (χ4n) is 1.23. The molecule has 0 N–H and O–H groups in total. The number of rotatable bonds is 2. The van der Waals surface area contributed by atoms with E-state index in [9.17, 15) is 25.9 Å². The minimum atomic E-state index is -4.15. The van der Waals surface area contributed by atoms with Crippen molar-refractivity contribution in [3.05, 3.63) is 46.3 Å². The zero-order chi connectivity index (χ0) is 13.8. The Hall–Kier alpha value is 0.780. The molecule has 6 nitrogen and oxygen atoms in total. The molecule has 100 valence electrons. The van der Waals surface area contributed by atoms with E-state index in [0.29, 0.717) is 0 Å². The Morgan fingerprint density at radius 3 is 1.15 bits per heavy atom. The Morgan fingerprint density at radius 1 is 0.750 bits per heavy atom. The van der Waals surface area contributed by atoms with Gasteiger partial charge >= 0.3 is 59.1 Å². The van der Waals surface area contributed by atoms with E-state index in [0.717, 1.165) is 0 Å². The smallest absolute Gasteiger partial charge is 0.744 e. The maximum Gasteiger partial charge on any atom is 1.00 e. The summed E-state index contributed by atoms with van der Waals surface area (Å²) in [5.41, 5.74) is 0. The van der Waals surface area contributed by atoms with Crippen molar-refractivity contribution in [2.24, 2.45) is 0 Å². The summed E-state index contributed by atoms with van der Waals surface area (Å²) < 4.78 is 61.0. The normalized spacial score (nSPS) is 16.3. The minimum absolute atomic E-state index is 0. The van der Waals surface area contributed by atoms with E-state index in [1.54, 1.807) is 24.3 Å². The second-order valence-electron chi connectivity index (χ2n) is 3.44. The van der Waals surface area contributed by atoms with Crippen molar-refractivity contribution in [1.29, 1.82) is 0 Å². The molecule has 0 bridgehead atoms. The zero-order valence-corrected chi connectivity index (χ0v) is 16.8. The third-order valence-corrected chi connectivity index (χ3v) is 4.01. The summed E-state index contributed by atoms with van der Waals surface area (Å²) in [5, 5.41) is 0. The van der Waals surface area contributed by atoms with Gasteiger partial charge in [0.05, 0.1) is 0 Å². The first-order valence-electron chi connectivity index (χ1n) is 4.84. The molecule has 0 saturated heterocycles. The fraction of sp³-hybridized carbons (Fsp3) is 0.200. The van der Waals surface area contributed by atoms with Crippen molar-refractivity contribution in [2.45, 2.75) is 12.8 Å². The molecule has 0 heterocycles. The van der Waals surface area contributed by atoms with Gasteiger partial charge in [-0.25, -0.2) is 16.8 Å². The van der Waals surface area contributed by atoms with Crippen LogP contribution in [0.3, 0.4) is 0 Å². The van der Waals surface area contributed by atoms with E-state index in [2.05, 4.69) is 0 Å². The average Bonchev–Trinajstić information content (AvgIpc) is 2.91. The van der Waals surface area contributed by atoms with E-state index in [-0.39, 0.29) is 81.8 Å². The van der Waals surface area contributed by atoms with Crippen LogP contribution in [0.15, 0.2) is 46.3 Å². The molecular weight excluding hydrogens is 326 g/mol. The first-order valence-corrected chi connectivity index (χ1v) is 7.66. The molecule has 20 heavy (non-hydrogen) atoms. The molecule has 0 spiro atoms. The molecule has 10 heteroatoms. The van der Waals surface area contributed by atoms with Gasteiger partial charge in [0.15, 0.2) is 0 Å². The van der Waals surface area contributed by atoms with Gasteiger partial charge in [-0.3, -0.25) is 0 Å². The van der Waals surface area contributed by atoms with Gasteiger partial charge in [-0.1, -0.05) is 24.3 Å². The SMILES string of the molecule is O=S(=O)([O-])C1=CC=CC1.O=S(=O)([O-])C1=CC=CC1.[Na+].[Na+]. The van der Waals surface area contributed by atoms with Crippen molar-refractivity contribution >= 4 is 20.2 Å². The first-order chi connectivity index (χ1) is 8.21. The van der Waals surface area contributed by atoms with E-state index >= 15 is 0 Å². The predicted octanol–water partition coefficient (Wildman–Crippen LogP) is -5.24. The van der Waals surface area contributed by atoms with Crippen LogP contribution in [-0.4, -0.2) is 25.9 Å². The molecule has 0 amide bonds. The van der Waals surface area contributed by atoms with Crippen LogP contribution in [0.2, 0.25) is 0 Å². The summed E-state index contributed by atoms with van der Waals surface area (Å²) in [6.45, 7) is 0. The van der Waals surface area contributed by atoms with Crippen LogP contribution in [0.1, 0.15) is 12.8 Å². The fourth-order valence-corrected chi connectivity index (χ4v) is 2.32. The molecule has 2 rings (SSSR count). The molecule has 0 unspecified atom stereocenters. The third-order valence-electron chi connectivity index (χ3n) is 2.12. The molecule has 2 aliphatic carbocycles. The van der Waals surface area contributed by atoms with Crippen molar-refractivity contribution in [3.63, 3.8) is 0 Å². The summed E-state index contributed by atoms with van der Waals surface area (Å²) in [7, 11) is -8.31. The van der Waals surface area contributed by atoms with Crippen LogP contribution in [0, 0.1) is 0 Å². The van der Waals surface area contributed by atoms with E-state index in [1.807, 2.05) is 0 Å². The van der Waals surface area contributed by atoms with Crippen molar-refractivity contribution in [2.75, 3.05) is 0 Å². The third kappa shape index (κ3) is 8.28. The second kappa shape index (κ2) is 9.73. The molecule has 0 aliphatic heterocycles. The Bertz CT molecular complexity index is 583. The summed E-state index contributed by atoms with van der Waals surface area (Å²) >= 11 is 0. The Balaban J connectivity index is 0. The average molecular weight is 336 g/mol. The molecule has 0 atom stereocenters. The van der Waals surface area contributed by atoms with Crippen molar-refractivity contribution < 1.29 is 85.1 Å². The Kier molecular flexibility index (Phi) is 11.2. The van der Waals surface area contributed by atoms with Gasteiger partial charge < -0.3 is 9.11 Å². The van der Waals surface area contributed by atoms with Gasteiger partial charge in [-0.15, -0.1) is 0 Å². The predicted molar refractivity (Wildman–Crippen MR) is 63.1 cm³/mol. The maximum atomic E-state index is 10.2. The van der Waals surface area contributed by atoms with Crippen LogP contribution in [0.4, 0.5) is 0 Å². The van der Waals surface area contributed by atoms with E-state index < -0.39 is 20.2 Å². The van der Waals surface area contributed by atoms with Gasteiger partial charge in [0, 0.05) is 22.7 Å². The molecule has 0 aromatic carbocycles. The van der Waals surface area contributed by atoms with E-state index in [4.69, 9.17) is 0 Å². The quantitative estimate of drug-likeness (QED) is 0.368. The number of allylic oxidation sites excluding steroid dienone is 8. The van der Waals surface area contributed by atoms with Crippen molar-refractivity contribution in [3.8, 4) is 0 Å². The summed E-state index contributed by atoms with van der Waals surface area (Å²) in [6.07, 6.45) is 9.54. The van der Waals surface area contributed by atoms with Gasteiger partial charge in [-0.05, 0) is 12.2 Å². The topological polar surface area (TPSA) is 114 Å². The largest absolute Gasteiger partial charge is 1.00 e. The van der Waals surface area contributed by atoms with Crippen LogP contribution >= 0.6 is 0 Å². The van der Waals surface area contributed by atoms with Gasteiger partial charge in [0.25, 0.3) is 0 Å². The van der Waals surface area contributed by atoms with Crippen LogP contribution in [-0.2, 0) is 20.2 Å². The molecule has 2 aliphatic rings. The molecule has 0 radical (unpaired) electrons. The molecule has 0 saturated carbocycles. The van der Waals surface area contributed by atoms with Gasteiger partial charge in [0.2, 0.25) is 0 Å². The molecule has 0 fully saturated rings. The van der Waals surface area contributed by atoms with Crippen molar-refractivity contribution in [1.82, 2.24) is 0 Å². The van der Waals surface area contributed by atoms with Crippen LogP contribution in [0.25, 0.3) is 0 Å². The molecule has 0 aromatic heterocycles. The summed E-state index contributed by atoms with van der Waals surface area (Å²) in [6, 6.07) is 0. The van der Waals surface area contributed by atoms with Crippen LogP contribution in [0.5, 0.6) is 0 Å². The Labute approximate surface area is 162 Å². The minimum Gasteiger partial charge on any atom is -0.744 e. The number of hydrogen-bond donors (Lipinski definition) is 0. The summed E-state index contributed by atoms with van der Waals surface area (Å²) in [5.74, 6) is 0. The second-order valence-corrected chi connectivity index (χ2v) is 6.30. The zero-order valence-electron chi connectivity index (χ0n) is 11.1. The molecular formula is C10H10Na2O6S2. The Morgan fingerprint density at radius 2 is 1.05 bits per heavy atom. The summed E-state index contributed by atoms with van der Waals surface area (Å²) in [4.78, 5) is -0.0787. The first kappa shape index (κ1) is 23.1. The number of hydrogen-bond acceptors (Lipinski definition) is 6. The maximum absolute atomic E-state index is 10.2. The van der Waals surface area contributed by atoms with Gasteiger partial charge in [0.1, 0.15) is 20.2 Å². The monoisotopic (exact) mass is 336 g/mol.